The molecule has 88 valence electrons. The zero-order valence-electron chi connectivity index (χ0n) is 8.61. The largest absolute Gasteiger partial charge is 0.507 e. The van der Waals surface area contributed by atoms with Crippen molar-refractivity contribution in [1.29, 1.82) is 0 Å². The quantitative estimate of drug-likeness (QED) is 0.716. The second-order valence-electron chi connectivity index (χ2n) is 3.25. The molecule has 0 heterocycles. The van der Waals surface area contributed by atoms with E-state index in [2.05, 4.69) is 0 Å². The standard InChI is InChI=1S/C10H12FNO4/c1-16-5-2-6(11)10(8(13)3-5)7(12)4-9(14)15/h2-3,7,13H,4,12H2,1H3,(H,14,15). The molecule has 0 bridgehead atoms. The number of hydrogen-bond donors (Lipinski definition) is 3. The number of carbonyl (C=O) groups is 1. The first-order valence-electron chi connectivity index (χ1n) is 4.49. The molecular weight excluding hydrogens is 217 g/mol. The van der Waals surface area contributed by atoms with Crippen LogP contribution in [0.15, 0.2) is 12.1 Å². The minimum Gasteiger partial charge on any atom is -0.507 e. The summed E-state index contributed by atoms with van der Waals surface area (Å²) < 4.78 is 18.2. The third kappa shape index (κ3) is 2.60. The minimum atomic E-state index is -1.16. The predicted octanol–water partition coefficient (Wildman–Crippen LogP) is 1.01. The highest BCUT2D eigenvalue weighted by molar-refractivity contribution is 5.68. The lowest BCUT2D eigenvalue weighted by atomic mass is 10.0. The zero-order chi connectivity index (χ0) is 12.3. The maximum Gasteiger partial charge on any atom is 0.305 e. The van der Waals surface area contributed by atoms with Crippen LogP contribution in [-0.4, -0.2) is 23.3 Å². The molecule has 0 aliphatic rings. The molecule has 0 fully saturated rings. The van der Waals surface area contributed by atoms with Gasteiger partial charge in [0.25, 0.3) is 0 Å². The number of nitrogens with two attached hydrogens (primary N) is 1. The molecule has 1 aromatic rings. The fraction of sp³-hybridized carbons (Fsp3) is 0.300. The van der Waals surface area contributed by atoms with Crippen molar-refractivity contribution in [1.82, 2.24) is 0 Å². The number of phenolic OH excluding ortho intramolecular Hbond substituents is 1. The van der Waals surface area contributed by atoms with Crippen LogP contribution in [0.3, 0.4) is 0 Å². The third-order valence-corrected chi connectivity index (χ3v) is 2.08. The van der Waals surface area contributed by atoms with Crippen LogP contribution < -0.4 is 10.5 Å². The average Bonchev–Trinajstić information content (AvgIpc) is 2.15. The normalized spacial score (nSPS) is 12.2. The summed E-state index contributed by atoms with van der Waals surface area (Å²) in [4.78, 5) is 10.4. The summed E-state index contributed by atoms with van der Waals surface area (Å²) in [6, 6.07) is 1.13. The molecule has 0 radical (unpaired) electrons. The van der Waals surface area contributed by atoms with Gasteiger partial charge >= 0.3 is 5.97 Å². The van der Waals surface area contributed by atoms with Gasteiger partial charge in [-0.2, -0.15) is 0 Å². The Morgan fingerprint density at radius 2 is 2.25 bits per heavy atom. The Labute approximate surface area is 91.3 Å². The first-order valence-corrected chi connectivity index (χ1v) is 4.49. The van der Waals surface area contributed by atoms with E-state index in [9.17, 15) is 14.3 Å². The van der Waals surface area contributed by atoms with E-state index in [1.165, 1.54) is 13.2 Å². The van der Waals surface area contributed by atoms with E-state index >= 15 is 0 Å². The van der Waals surface area contributed by atoms with Crippen LogP contribution in [0.25, 0.3) is 0 Å². The molecule has 0 aliphatic heterocycles. The number of halogens is 1. The van der Waals surface area contributed by atoms with Gasteiger partial charge in [0.05, 0.1) is 13.5 Å². The number of rotatable bonds is 4. The Morgan fingerprint density at radius 1 is 1.62 bits per heavy atom. The summed E-state index contributed by atoms with van der Waals surface area (Å²) in [5.41, 5.74) is 5.25. The van der Waals surface area contributed by atoms with E-state index in [4.69, 9.17) is 15.6 Å². The smallest absolute Gasteiger partial charge is 0.305 e. The predicted molar refractivity (Wildman–Crippen MR) is 53.8 cm³/mol. The summed E-state index contributed by atoms with van der Waals surface area (Å²) in [6.45, 7) is 0. The molecule has 4 N–H and O–H groups in total. The van der Waals surface area contributed by atoms with Gasteiger partial charge in [0, 0.05) is 23.7 Å². The molecule has 1 atom stereocenters. The number of methoxy groups -OCH3 is 1. The highest BCUT2D eigenvalue weighted by Gasteiger charge is 2.20. The number of aliphatic carboxylic acids is 1. The van der Waals surface area contributed by atoms with Crippen molar-refractivity contribution in [3.8, 4) is 11.5 Å². The van der Waals surface area contributed by atoms with Crippen molar-refractivity contribution in [2.75, 3.05) is 7.11 Å². The summed E-state index contributed by atoms with van der Waals surface area (Å²) in [5.74, 6) is -2.22. The van der Waals surface area contributed by atoms with Gasteiger partial charge in [0.2, 0.25) is 0 Å². The van der Waals surface area contributed by atoms with Crippen LogP contribution in [0.5, 0.6) is 11.5 Å². The molecule has 1 rings (SSSR count). The fourth-order valence-electron chi connectivity index (χ4n) is 1.35. The molecule has 5 nitrogen and oxygen atoms in total. The first kappa shape index (κ1) is 12.3. The Balaban J connectivity index is 3.08. The van der Waals surface area contributed by atoms with Crippen molar-refractivity contribution in [3.05, 3.63) is 23.5 Å². The second kappa shape index (κ2) is 4.80. The van der Waals surface area contributed by atoms with Gasteiger partial charge in [-0.05, 0) is 0 Å². The monoisotopic (exact) mass is 229 g/mol. The van der Waals surface area contributed by atoms with Crippen molar-refractivity contribution >= 4 is 5.97 Å². The Kier molecular flexibility index (Phi) is 3.68. The first-order chi connectivity index (χ1) is 7.45. The van der Waals surface area contributed by atoms with E-state index in [0.717, 1.165) is 6.07 Å². The Bertz CT molecular complexity index is 385. The lowest BCUT2D eigenvalue weighted by Gasteiger charge is -2.13. The van der Waals surface area contributed by atoms with Crippen molar-refractivity contribution in [3.63, 3.8) is 0 Å². The average molecular weight is 229 g/mol. The number of benzene rings is 1. The van der Waals surface area contributed by atoms with Gasteiger partial charge in [-0.25, -0.2) is 4.39 Å². The SMILES string of the molecule is COc1cc(O)c(C(N)CC(=O)O)c(F)c1. The number of aromatic hydroxyl groups is 1. The number of carboxylic acids is 1. The summed E-state index contributed by atoms with van der Waals surface area (Å²) in [7, 11) is 1.32. The molecule has 0 saturated heterocycles. The van der Waals surface area contributed by atoms with Crippen molar-refractivity contribution in [2.45, 2.75) is 12.5 Å². The maximum absolute atomic E-state index is 13.5. The molecule has 0 aromatic heterocycles. The van der Waals surface area contributed by atoms with E-state index in [0.29, 0.717) is 0 Å². The highest BCUT2D eigenvalue weighted by Crippen LogP contribution is 2.31. The maximum atomic E-state index is 13.5. The van der Waals surface area contributed by atoms with Gasteiger partial charge in [-0.1, -0.05) is 0 Å². The number of hydrogen-bond acceptors (Lipinski definition) is 4. The number of carboxylic acid groups (broad SMARTS) is 1. The van der Waals surface area contributed by atoms with Crippen LogP contribution in [0, 0.1) is 5.82 Å². The fourth-order valence-corrected chi connectivity index (χ4v) is 1.35. The topological polar surface area (TPSA) is 92.8 Å². The van der Waals surface area contributed by atoms with E-state index in [1.54, 1.807) is 0 Å². The van der Waals surface area contributed by atoms with Gasteiger partial charge in [-0.15, -0.1) is 0 Å². The molecule has 0 saturated carbocycles. The van der Waals surface area contributed by atoms with Crippen LogP contribution in [0.2, 0.25) is 0 Å². The third-order valence-electron chi connectivity index (χ3n) is 2.08. The van der Waals surface area contributed by atoms with E-state index in [-0.39, 0.29) is 11.3 Å². The van der Waals surface area contributed by atoms with Crippen LogP contribution in [0.4, 0.5) is 4.39 Å². The molecule has 1 aromatic carbocycles. The Morgan fingerprint density at radius 3 is 2.69 bits per heavy atom. The molecule has 1 unspecified atom stereocenters. The van der Waals surface area contributed by atoms with E-state index in [1.807, 2.05) is 0 Å². The summed E-state index contributed by atoms with van der Waals surface area (Å²) in [6.07, 6.45) is -0.461. The second-order valence-corrected chi connectivity index (χ2v) is 3.25. The summed E-state index contributed by atoms with van der Waals surface area (Å²) in [5, 5.41) is 18.0. The van der Waals surface area contributed by atoms with Crippen LogP contribution >= 0.6 is 0 Å². The van der Waals surface area contributed by atoms with Crippen molar-refractivity contribution in [2.24, 2.45) is 5.73 Å². The van der Waals surface area contributed by atoms with Gasteiger partial charge < -0.3 is 20.7 Å². The zero-order valence-corrected chi connectivity index (χ0v) is 8.61. The van der Waals surface area contributed by atoms with Crippen molar-refractivity contribution < 1.29 is 24.1 Å². The molecular formula is C10H12FNO4. The molecule has 0 amide bonds. The van der Waals surface area contributed by atoms with Gasteiger partial charge in [0.1, 0.15) is 17.3 Å². The summed E-state index contributed by atoms with van der Waals surface area (Å²) >= 11 is 0. The molecule has 16 heavy (non-hydrogen) atoms. The van der Waals surface area contributed by atoms with Crippen LogP contribution in [0.1, 0.15) is 18.0 Å². The Hall–Kier alpha value is -1.82. The number of phenols is 1. The molecule has 6 heteroatoms. The minimum absolute atomic E-state index is 0.140. The molecule has 0 aliphatic carbocycles. The van der Waals surface area contributed by atoms with Crippen LogP contribution in [-0.2, 0) is 4.79 Å². The number of ether oxygens (including phenoxy) is 1. The lowest BCUT2D eigenvalue weighted by Crippen LogP contribution is -2.16. The van der Waals surface area contributed by atoms with Gasteiger partial charge in [0.15, 0.2) is 0 Å². The molecule has 0 spiro atoms. The highest BCUT2D eigenvalue weighted by atomic mass is 19.1. The lowest BCUT2D eigenvalue weighted by molar-refractivity contribution is -0.137. The van der Waals surface area contributed by atoms with E-state index < -0.39 is 30.0 Å². The van der Waals surface area contributed by atoms with Gasteiger partial charge in [-0.3, -0.25) is 4.79 Å².